The van der Waals surface area contributed by atoms with Gasteiger partial charge in [-0.25, -0.2) is 0 Å². The van der Waals surface area contributed by atoms with Gasteiger partial charge in [0.25, 0.3) is 0 Å². The lowest BCUT2D eigenvalue weighted by molar-refractivity contribution is -0.138. The van der Waals surface area contributed by atoms with Crippen molar-refractivity contribution < 1.29 is 9.53 Å². The normalized spacial score (nSPS) is 12.5. The summed E-state index contributed by atoms with van der Waals surface area (Å²) in [6.07, 6.45) is 12.0. The van der Waals surface area contributed by atoms with Crippen LogP contribution in [0.5, 0.6) is 0 Å². The van der Waals surface area contributed by atoms with E-state index >= 15 is 0 Å². The standard InChI is InChI=1S/C20H30O2/c1-3-4-5-6-10-13-20(21)22-17-16-18(2)14-15-19-11-8-7-9-12-19/h7-9,11-12,16-18H,3-6,10,13-15H2,1-2H3/b17-16+. The summed E-state index contributed by atoms with van der Waals surface area (Å²) in [5.41, 5.74) is 1.35. The van der Waals surface area contributed by atoms with Crippen LogP contribution in [0.4, 0.5) is 0 Å². The van der Waals surface area contributed by atoms with E-state index in [0.29, 0.717) is 12.3 Å². The number of rotatable bonds is 11. The first-order valence-electron chi connectivity index (χ1n) is 8.62. The average molecular weight is 302 g/mol. The topological polar surface area (TPSA) is 26.3 Å². The number of allylic oxidation sites excluding steroid dienone is 1. The van der Waals surface area contributed by atoms with Gasteiger partial charge in [-0.3, -0.25) is 4.79 Å². The first-order chi connectivity index (χ1) is 10.7. The van der Waals surface area contributed by atoms with E-state index in [9.17, 15) is 4.79 Å². The fourth-order valence-electron chi connectivity index (χ4n) is 2.32. The highest BCUT2D eigenvalue weighted by atomic mass is 16.5. The molecule has 2 heteroatoms. The largest absolute Gasteiger partial charge is 0.435 e. The number of ether oxygens (including phenoxy) is 1. The molecule has 1 aromatic carbocycles. The Morgan fingerprint density at radius 1 is 1.14 bits per heavy atom. The van der Waals surface area contributed by atoms with Crippen LogP contribution < -0.4 is 0 Å². The summed E-state index contributed by atoms with van der Waals surface area (Å²) >= 11 is 0. The Hall–Kier alpha value is -1.57. The third kappa shape index (κ3) is 9.38. The minimum atomic E-state index is -0.108. The molecule has 0 aromatic heterocycles. The Morgan fingerprint density at radius 2 is 1.86 bits per heavy atom. The molecule has 122 valence electrons. The Kier molecular flexibility index (Phi) is 10.1. The SMILES string of the molecule is CCCCCCCC(=O)O/C=C/C(C)CCc1ccccc1. The number of aryl methyl sites for hydroxylation is 1. The second kappa shape index (κ2) is 12.0. The fraction of sp³-hybridized carbons (Fsp3) is 0.550. The summed E-state index contributed by atoms with van der Waals surface area (Å²) in [5.74, 6) is 0.306. The number of benzene rings is 1. The van der Waals surface area contributed by atoms with Crippen LogP contribution in [0.1, 0.15) is 64.4 Å². The lowest BCUT2D eigenvalue weighted by atomic mass is 10.0. The third-order valence-corrected chi connectivity index (χ3v) is 3.82. The summed E-state index contributed by atoms with van der Waals surface area (Å²) in [4.78, 5) is 11.6. The lowest BCUT2D eigenvalue weighted by Gasteiger charge is -2.06. The van der Waals surface area contributed by atoms with Gasteiger partial charge in [-0.05, 0) is 36.8 Å². The number of carbonyl (C=O) groups excluding carboxylic acids is 1. The Morgan fingerprint density at radius 3 is 2.59 bits per heavy atom. The van der Waals surface area contributed by atoms with Crippen molar-refractivity contribution in [1.82, 2.24) is 0 Å². The molecule has 1 rings (SSSR count). The molecule has 0 aliphatic rings. The van der Waals surface area contributed by atoms with Crippen LogP contribution in [0.2, 0.25) is 0 Å². The third-order valence-electron chi connectivity index (χ3n) is 3.82. The van der Waals surface area contributed by atoms with E-state index < -0.39 is 0 Å². The maximum absolute atomic E-state index is 11.6. The van der Waals surface area contributed by atoms with E-state index in [4.69, 9.17) is 4.74 Å². The number of hydrogen-bond acceptors (Lipinski definition) is 2. The molecule has 1 aromatic rings. The van der Waals surface area contributed by atoms with Crippen molar-refractivity contribution in [3.05, 3.63) is 48.2 Å². The molecule has 0 radical (unpaired) electrons. The van der Waals surface area contributed by atoms with Crippen molar-refractivity contribution in [2.75, 3.05) is 0 Å². The van der Waals surface area contributed by atoms with Crippen molar-refractivity contribution in [2.45, 2.75) is 65.2 Å². The molecule has 0 fully saturated rings. The molecule has 0 heterocycles. The second-order valence-electron chi connectivity index (χ2n) is 5.98. The summed E-state index contributed by atoms with van der Waals surface area (Å²) in [6, 6.07) is 10.5. The Balaban J connectivity index is 2.09. The molecular weight excluding hydrogens is 272 g/mol. The van der Waals surface area contributed by atoms with Crippen LogP contribution in [0.15, 0.2) is 42.7 Å². The van der Waals surface area contributed by atoms with Gasteiger partial charge in [0.2, 0.25) is 0 Å². The number of unbranched alkanes of at least 4 members (excludes halogenated alkanes) is 4. The van der Waals surface area contributed by atoms with Gasteiger partial charge in [0.15, 0.2) is 0 Å². The molecule has 0 bridgehead atoms. The monoisotopic (exact) mass is 302 g/mol. The molecule has 0 N–H and O–H groups in total. The van der Waals surface area contributed by atoms with Crippen LogP contribution in [0, 0.1) is 5.92 Å². The van der Waals surface area contributed by atoms with Gasteiger partial charge in [-0.15, -0.1) is 0 Å². The summed E-state index contributed by atoms with van der Waals surface area (Å²) in [6.45, 7) is 4.34. The van der Waals surface area contributed by atoms with Gasteiger partial charge in [0, 0.05) is 6.42 Å². The highest BCUT2D eigenvalue weighted by molar-refractivity contribution is 5.69. The number of carbonyl (C=O) groups is 1. The summed E-state index contributed by atoms with van der Waals surface area (Å²) in [7, 11) is 0. The molecule has 0 aliphatic carbocycles. The van der Waals surface area contributed by atoms with E-state index in [1.165, 1.54) is 24.8 Å². The zero-order valence-corrected chi connectivity index (χ0v) is 14.1. The van der Waals surface area contributed by atoms with Crippen molar-refractivity contribution in [3.8, 4) is 0 Å². The molecule has 0 saturated heterocycles. The molecule has 1 unspecified atom stereocenters. The minimum Gasteiger partial charge on any atom is -0.435 e. The molecule has 0 aliphatic heterocycles. The maximum atomic E-state index is 11.6. The van der Waals surface area contributed by atoms with Gasteiger partial charge in [0.05, 0.1) is 6.26 Å². The van der Waals surface area contributed by atoms with E-state index in [2.05, 4.69) is 38.1 Å². The first-order valence-corrected chi connectivity index (χ1v) is 8.62. The molecule has 1 atom stereocenters. The highest BCUT2D eigenvalue weighted by Crippen LogP contribution is 2.11. The maximum Gasteiger partial charge on any atom is 0.310 e. The van der Waals surface area contributed by atoms with Crippen LogP contribution in [0.25, 0.3) is 0 Å². The molecule has 0 amide bonds. The van der Waals surface area contributed by atoms with Crippen LogP contribution in [-0.2, 0) is 16.0 Å². The van der Waals surface area contributed by atoms with Crippen molar-refractivity contribution >= 4 is 5.97 Å². The van der Waals surface area contributed by atoms with E-state index in [1.54, 1.807) is 6.26 Å². The summed E-state index contributed by atoms with van der Waals surface area (Å²) < 4.78 is 5.15. The van der Waals surface area contributed by atoms with Crippen molar-refractivity contribution in [1.29, 1.82) is 0 Å². The second-order valence-corrected chi connectivity index (χ2v) is 5.98. The van der Waals surface area contributed by atoms with E-state index in [-0.39, 0.29) is 5.97 Å². The average Bonchev–Trinajstić information content (AvgIpc) is 2.54. The van der Waals surface area contributed by atoms with Gasteiger partial charge < -0.3 is 4.74 Å². The minimum absolute atomic E-state index is 0.108. The molecule has 0 spiro atoms. The van der Waals surface area contributed by atoms with E-state index in [0.717, 1.165) is 25.7 Å². The van der Waals surface area contributed by atoms with Gasteiger partial charge >= 0.3 is 5.97 Å². The Bertz CT molecular complexity index is 423. The zero-order valence-electron chi connectivity index (χ0n) is 14.1. The first kappa shape index (κ1) is 18.5. The molecule has 2 nitrogen and oxygen atoms in total. The highest BCUT2D eigenvalue weighted by Gasteiger charge is 2.02. The van der Waals surface area contributed by atoms with E-state index in [1.807, 2.05) is 12.1 Å². The zero-order chi connectivity index (χ0) is 16.0. The molecule has 0 saturated carbocycles. The Labute approximate surface area is 135 Å². The number of esters is 1. The van der Waals surface area contributed by atoms with Crippen LogP contribution in [-0.4, -0.2) is 5.97 Å². The van der Waals surface area contributed by atoms with Crippen molar-refractivity contribution in [2.24, 2.45) is 5.92 Å². The van der Waals surface area contributed by atoms with Gasteiger partial charge in [0.1, 0.15) is 0 Å². The molecular formula is C20H30O2. The van der Waals surface area contributed by atoms with Crippen LogP contribution >= 0.6 is 0 Å². The van der Waals surface area contributed by atoms with Gasteiger partial charge in [-0.2, -0.15) is 0 Å². The lowest BCUT2D eigenvalue weighted by Crippen LogP contribution is -2.00. The smallest absolute Gasteiger partial charge is 0.310 e. The predicted octanol–water partition coefficient (Wildman–Crippen LogP) is 5.67. The van der Waals surface area contributed by atoms with Crippen LogP contribution in [0.3, 0.4) is 0 Å². The molecule has 22 heavy (non-hydrogen) atoms. The summed E-state index contributed by atoms with van der Waals surface area (Å²) in [5, 5.41) is 0. The van der Waals surface area contributed by atoms with Crippen molar-refractivity contribution in [3.63, 3.8) is 0 Å². The predicted molar refractivity (Wildman–Crippen MR) is 92.5 cm³/mol. The van der Waals surface area contributed by atoms with Gasteiger partial charge in [-0.1, -0.05) is 69.9 Å². The number of hydrogen-bond donors (Lipinski definition) is 0. The quantitative estimate of drug-likeness (QED) is 0.299. The fourth-order valence-corrected chi connectivity index (χ4v) is 2.32.